The van der Waals surface area contributed by atoms with Gasteiger partial charge in [-0.15, -0.1) is 0 Å². The van der Waals surface area contributed by atoms with Crippen LogP contribution in [-0.4, -0.2) is 408 Å². The number of sulfonamides is 1. The zero-order chi connectivity index (χ0) is 107. The molecule has 0 unspecified atom stereocenters. The molecule has 21 aliphatic rings. The van der Waals surface area contributed by atoms with Gasteiger partial charge in [-0.3, -0.25) is 0 Å². The van der Waals surface area contributed by atoms with Gasteiger partial charge in [0.25, 0.3) is 0 Å². The maximum atomic E-state index is 16.1. The average Bonchev–Trinajstić information content (AvgIpc) is 0.757. The maximum Gasteiger partial charge on any atom is 0.241 e. The first-order chi connectivity index (χ1) is 64.5. The van der Waals surface area contributed by atoms with Crippen molar-refractivity contribution in [2.45, 2.75) is 492 Å². The van der Waals surface area contributed by atoms with E-state index in [4.69, 9.17) is 97.3 Å². The van der Waals surface area contributed by atoms with Crippen LogP contribution in [-0.2, 0) is 107 Å². The Bertz CT molecular complexity index is 4430. The maximum absolute atomic E-state index is 16.1. The quantitative estimate of drug-likeness (QED) is 0.0416. The van der Waals surface area contributed by atoms with Gasteiger partial charge in [-0.1, -0.05) is 170 Å². The number of fused-ring (bicyclic) bond motifs is 1. The van der Waals surface area contributed by atoms with Gasteiger partial charge >= 0.3 is 0 Å². The van der Waals surface area contributed by atoms with Crippen LogP contribution in [0.15, 0.2) is 41.3 Å². The summed E-state index contributed by atoms with van der Waals surface area (Å²) < 4.78 is 179. The summed E-state index contributed by atoms with van der Waals surface area (Å²) in [6, 6.07) is 7.79. The van der Waals surface area contributed by atoms with Crippen molar-refractivity contribution in [2.24, 2.45) is 0 Å². The van der Waals surface area contributed by atoms with Gasteiger partial charge in [0.05, 0.1) is 57.2 Å². The molecule has 2 aromatic carbocycles. The molecule has 0 amide bonds. The van der Waals surface area contributed by atoms with E-state index in [-0.39, 0.29) is 10.3 Å². The molecule has 14 bridgehead atoms. The Labute approximate surface area is 850 Å². The summed E-state index contributed by atoms with van der Waals surface area (Å²) in [6.45, 7) is 66.2. The molecule has 0 radical (unpaired) electrons. The van der Waals surface area contributed by atoms with E-state index in [2.05, 4.69) is 4.72 Å². The molecule has 21 saturated heterocycles. The first kappa shape index (κ1) is 122. The van der Waals surface area contributed by atoms with Crippen LogP contribution < -0.4 is 9.62 Å². The lowest BCUT2D eigenvalue weighted by Gasteiger charge is -2.51. The Morgan fingerprint density at radius 1 is 0.261 bits per heavy atom. The van der Waals surface area contributed by atoms with Crippen LogP contribution in [0, 0.1) is 0 Å². The van der Waals surface area contributed by atoms with E-state index < -0.39 is 365 Å². The molecule has 38 nitrogen and oxygen atoms in total. The molecule has 0 aromatic heterocycles. The van der Waals surface area contributed by atoms with Gasteiger partial charge in [-0.05, 0) is 139 Å². The number of nitrogens with zero attached hydrogens (tertiary/aromatic N) is 1. The lowest BCUT2D eigenvalue weighted by molar-refractivity contribution is -0.396. The molecular weight excluding hydrogens is 1990 g/mol. The van der Waals surface area contributed by atoms with E-state index in [1.54, 1.807) is 38.4 Å². The predicted octanol–water partition coefficient (Wildman–Crippen LogP) is 8.18. The normalized spacial score (nSPS) is 37.4. The van der Waals surface area contributed by atoms with E-state index in [0.717, 1.165) is 0 Å². The summed E-state index contributed by atoms with van der Waals surface area (Å²) >= 11 is 0. The van der Waals surface area contributed by atoms with E-state index in [1.807, 2.05) is 248 Å². The van der Waals surface area contributed by atoms with Crippen LogP contribution >= 0.6 is 0 Å². The zero-order valence-corrected chi connectivity index (χ0v) is 99.0. The van der Waals surface area contributed by atoms with Crippen molar-refractivity contribution < 1.29 is 172 Å². The van der Waals surface area contributed by atoms with Crippen molar-refractivity contribution in [3.8, 4) is 0 Å². The van der Waals surface area contributed by atoms with Crippen molar-refractivity contribution in [3.63, 3.8) is 0 Å². The second-order valence-corrected chi connectivity index (χ2v) is 86.4. The summed E-state index contributed by atoms with van der Waals surface area (Å²) in [5.41, 5.74) is 0.650. The standard InChI is InChI=1S/C96H180N2O36SSi7/c1-90(2,3)136(24,25)114-44-54-76-62(97-135(112,113)61-43-39-40-51-52(61)41-38-42-53(51)98(22)23)63(99)83(121-54)129-77-55(45-115-137(26,27)91(4,5)6)123-85(71(107)65(77)101)131-79-57(47-117-139(30,31)93(10,11)12)125-87(73(109)67(79)103)133-81-59(49-119-141(34,35)95(16,17)18)127-89(75(111)69(81)105)134-82-60(50-120-142(36,37)96(19,20)21)126-88(74(110)68(82)104)132-80-58(48-118-140(32,33)94(13,14)15)124-86(72(108)66(80)102)130-78-56(46-116-138(28,29)92(7,8)9)122-84(128-76)70(106)64(78)100/h38-43,54-60,62-89,97,99-111H,44-50H2,1-37H3/t54-,55-,56-,57-,58-,59-,60-,62-,63+,64-,65-,66-,67-,68-,69-,70-,71-,72-,73-,74-,75-,76-,77-,78-,79-,80-,81-,82-,83-,84-,85-,86-,87-,88-,89-/m1/s1. The average molecular weight is 2170 g/mol. The van der Waals surface area contributed by atoms with Crippen LogP contribution in [0.2, 0.25) is 127 Å². The van der Waals surface area contributed by atoms with E-state index in [0.29, 0.717) is 11.1 Å². The van der Waals surface area contributed by atoms with E-state index in [9.17, 15) is 66.4 Å². The molecule has 824 valence electrons. The topological polar surface area (TPSA) is 506 Å². The molecule has 2 aromatic rings. The lowest BCUT2D eigenvalue weighted by Crippen LogP contribution is -2.70. The van der Waals surface area contributed by atoms with Gasteiger partial charge in [-0.2, -0.15) is 0 Å². The van der Waals surface area contributed by atoms with Gasteiger partial charge in [0, 0.05) is 30.6 Å². The molecule has 0 spiro atoms. The first-order valence-corrected chi connectivity index (χ1v) is 72.1. The largest absolute Gasteiger partial charge is 0.414 e. The first-order valence-electron chi connectivity index (χ1n) is 50.2. The summed E-state index contributed by atoms with van der Waals surface area (Å²) in [6.07, 6.45) is -65.8. The summed E-state index contributed by atoms with van der Waals surface area (Å²) in [7, 11) is -21.8. The Kier molecular flexibility index (Phi) is 38.9. The minimum absolute atomic E-state index is 0.252. The SMILES string of the molecule is CN(C)c1cccc2c(S(=O)(=O)N[C@@H]3[C@H](O)[C@H]4O[C@H]5[C@H](O)[C@@H](O)[C@@H](O[C@H]6[C@H](O)[C@@H](O)[C@@H](O[C@H]7[C@H](O)[C@@H](O)[C@@H](O[C@H]8[C@H](O)[C@@H](O)[C@@H](O[C@H]9[C@H](O)[C@@H](O)[C@@H](O[C@H]%10[C@H](O)[C@@H](O)[C@@H](O[C@@H]3[C@@H](CO[Si](C)(C)C(C)(C)C)O4)O[C@@H]%10CO[Si](C)(C)C(C)(C)C)O[C@@H]9CO[Si](C)(C)C(C)(C)C)O[C@@H]8CO[Si](C)(C)C(C)(C)C)O[C@@H]7CO[Si](C)(C)C(C)(C)C)O[C@@H]6CO[Si](C)(C)C(C)(C)C)O[C@@H]5CO[Si](C)(C)C(C)(C)C)cccc12. The van der Waals surface area contributed by atoms with Crippen molar-refractivity contribution in [2.75, 3.05) is 65.2 Å². The molecular formula is C96H180N2O36SSi7. The van der Waals surface area contributed by atoms with Crippen molar-refractivity contribution in [3.05, 3.63) is 36.4 Å². The Balaban J connectivity index is 1.19. The van der Waals surface area contributed by atoms with Crippen LogP contribution in [0.3, 0.4) is 0 Å². The second-order valence-electron chi connectivity index (χ2n) is 51.1. The number of benzene rings is 2. The highest BCUT2D eigenvalue weighted by molar-refractivity contribution is 7.89. The van der Waals surface area contributed by atoms with Crippen LogP contribution in [0.25, 0.3) is 10.8 Å². The van der Waals surface area contributed by atoms with Crippen LogP contribution in [0.4, 0.5) is 5.69 Å². The second kappa shape index (κ2) is 45.2. The van der Waals surface area contributed by atoms with Gasteiger partial charge in [0.1, 0.15) is 165 Å². The number of hydrogen-bond acceptors (Lipinski definition) is 37. The van der Waals surface area contributed by atoms with E-state index in [1.165, 1.54) is 6.07 Å². The number of nitrogens with one attached hydrogen (secondary N) is 1. The number of anilines is 1. The minimum atomic E-state index is -5.00. The molecule has 0 aliphatic carbocycles. The number of ether oxygens (including phenoxy) is 14. The molecule has 23 rings (SSSR count). The predicted molar refractivity (Wildman–Crippen MR) is 547 cm³/mol. The molecule has 14 N–H and O–H groups in total. The third-order valence-corrected chi connectivity index (χ3v) is 66.4. The molecule has 46 heteroatoms. The fraction of sp³-hybridized carbons (Fsp3) is 0.896. The molecule has 21 heterocycles. The Hall–Kier alpha value is -1.43. The van der Waals surface area contributed by atoms with Gasteiger partial charge in [-0.25, -0.2) is 13.1 Å². The monoisotopic (exact) mass is 2170 g/mol. The molecule has 35 atom stereocenters. The Morgan fingerprint density at radius 2 is 0.437 bits per heavy atom. The van der Waals surface area contributed by atoms with Gasteiger partial charge < -0.3 is 169 Å². The summed E-state index contributed by atoms with van der Waals surface area (Å²) in [4.78, 5) is 1.55. The van der Waals surface area contributed by atoms with Crippen LogP contribution in [0.1, 0.15) is 145 Å². The van der Waals surface area contributed by atoms with Gasteiger partial charge in [0.15, 0.2) is 102 Å². The zero-order valence-electron chi connectivity index (χ0n) is 91.2. The van der Waals surface area contributed by atoms with Gasteiger partial charge in [0.2, 0.25) is 10.0 Å². The fourth-order valence-electron chi connectivity index (χ4n) is 16.2. The highest BCUT2D eigenvalue weighted by atomic mass is 32.2. The number of aliphatic hydroxyl groups excluding tert-OH is 13. The molecule has 142 heavy (non-hydrogen) atoms. The van der Waals surface area contributed by atoms with Crippen LogP contribution in [0.5, 0.6) is 0 Å². The smallest absolute Gasteiger partial charge is 0.241 e. The summed E-state index contributed by atoms with van der Waals surface area (Å²) in [5, 5.41) is 167. The van der Waals surface area contributed by atoms with E-state index >= 15 is 8.42 Å². The van der Waals surface area contributed by atoms with Crippen molar-refractivity contribution in [1.82, 2.24) is 4.72 Å². The minimum Gasteiger partial charge on any atom is -0.414 e. The Morgan fingerprint density at radius 3 is 0.634 bits per heavy atom. The third kappa shape index (κ3) is 27.2. The highest BCUT2D eigenvalue weighted by Gasteiger charge is 2.63. The summed E-state index contributed by atoms with van der Waals surface area (Å²) in [5.74, 6) is 0. The lowest BCUT2D eigenvalue weighted by atomic mass is 9.94. The number of rotatable bonds is 25. The fourth-order valence-corrected chi connectivity index (χ4v) is 24.7. The van der Waals surface area contributed by atoms with Crippen molar-refractivity contribution >= 4 is 84.7 Å². The third-order valence-electron chi connectivity index (χ3n) is 33.4. The number of hydrogen-bond donors (Lipinski definition) is 14. The number of aliphatic hydroxyl groups is 13. The highest BCUT2D eigenvalue weighted by Crippen LogP contribution is 2.49. The molecule has 21 fully saturated rings. The van der Waals surface area contributed by atoms with Crippen molar-refractivity contribution in [1.29, 1.82) is 0 Å². The molecule has 21 aliphatic heterocycles. The molecule has 0 saturated carbocycles.